The normalized spacial score (nSPS) is 12.5. The molecular formula is C13H23NO. The highest BCUT2D eigenvalue weighted by Crippen LogP contribution is 2.33. The van der Waals surface area contributed by atoms with E-state index >= 15 is 0 Å². The van der Waals surface area contributed by atoms with E-state index in [0.717, 1.165) is 23.5 Å². The lowest BCUT2D eigenvalue weighted by Gasteiger charge is -2.19. The Balaban J connectivity index is 3.13. The second-order valence-corrected chi connectivity index (χ2v) is 5.10. The monoisotopic (exact) mass is 209 g/mol. The molecule has 15 heavy (non-hydrogen) atoms. The van der Waals surface area contributed by atoms with Crippen molar-refractivity contribution in [1.82, 2.24) is 0 Å². The highest BCUT2D eigenvalue weighted by atomic mass is 16.3. The van der Waals surface area contributed by atoms with Crippen molar-refractivity contribution in [2.45, 2.75) is 58.9 Å². The summed E-state index contributed by atoms with van der Waals surface area (Å²) < 4.78 is 5.94. The van der Waals surface area contributed by atoms with Crippen LogP contribution in [0.5, 0.6) is 0 Å². The maximum absolute atomic E-state index is 5.94. The molecule has 0 unspecified atom stereocenters. The summed E-state index contributed by atoms with van der Waals surface area (Å²) in [4.78, 5) is 0. The molecule has 0 amide bonds. The Morgan fingerprint density at radius 3 is 2.33 bits per heavy atom. The topological polar surface area (TPSA) is 39.2 Å². The number of nitrogens with two attached hydrogens (primary N) is 1. The van der Waals surface area contributed by atoms with Crippen molar-refractivity contribution >= 4 is 0 Å². The van der Waals surface area contributed by atoms with E-state index in [2.05, 4.69) is 40.7 Å². The third kappa shape index (κ3) is 2.43. The minimum Gasteiger partial charge on any atom is -0.465 e. The van der Waals surface area contributed by atoms with E-state index in [-0.39, 0.29) is 5.41 Å². The van der Waals surface area contributed by atoms with Crippen LogP contribution in [0.4, 0.5) is 0 Å². The van der Waals surface area contributed by atoms with E-state index in [1.807, 2.05) is 0 Å². The molecule has 0 aliphatic rings. The summed E-state index contributed by atoms with van der Waals surface area (Å²) in [6.07, 6.45) is 1.07. The van der Waals surface area contributed by atoms with Gasteiger partial charge in [-0.2, -0.15) is 0 Å². The van der Waals surface area contributed by atoms with Crippen LogP contribution in [0.25, 0.3) is 0 Å². The van der Waals surface area contributed by atoms with Gasteiger partial charge in [0.15, 0.2) is 0 Å². The van der Waals surface area contributed by atoms with Gasteiger partial charge in [0.05, 0.1) is 0 Å². The fourth-order valence-corrected chi connectivity index (χ4v) is 1.60. The van der Waals surface area contributed by atoms with Gasteiger partial charge in [-0.1, -0.05) is 34.6 Å². The van der Waals surface area contributed by atoms with E-state index in [1.165, 1.54) is 0 Å². The molecule has 0 aliphatic heterocycles. The molecule has 0 saturated heterocycles. The van der Waals surface area contributed by atoms with Gasteiger partial charge in [0.25, 0.3) is 0 Å². The van der Waals surface area contributed by atoms with Crippen molar-refractivity contribution in [3.63, 3.8) is 0 Å². The van der Waals surface area contributed by atoms with Gasteiger partial charge < -0.3 is 10.2 Å². The second kappa shape index (κ2) is 4.40. The third-order valence-electron chi connectivity index (χ3n) is 3.14. The highest BCUT2D eigenvalue weighted by Gasteiger charge is 2.24. The van der Waals surface area contributed by atoms with Crippen LogP contribution in [0, 0.1) is 0 Å². The summed E-state index contributed by atoms with van der Waals surface area (Å²) in [5.74, 6) is 2.52. The van der Waals surface area contributed by atoms with Crippen LogP contribution in [-0.4, -0.2) is 0 Å². The van der Waals surface area contributed by atoms with Crippen molar-refractivity contribution in [3.8, 4) is 0 Å². The average Bonchev–Trinajstić information content (AvgIpc) is 2.62. The molecule has 0 spiro atoms. The van der Waals surface area contributed by atoms with Crippen molar-refractivity contribution in [1.29, 1.82) is 0 Å². The summed E-state index contributed by atoms with van der Waals surface area (Å²) in [5, 5.41) is 0. The zero-order chi connectivity index (χ0) is 11.6. The van der Waals surface area contributed by atoms with Gasteiger partial charge >= 0.3 is 0 Å². The Morgan fingerprint density at radius 1 is 1.40 bits per heavy atom. The molecule has 0 atom stereocenters. The minimum absolute atomic E-state index is 0.108. The summed E-state index contributed by atoms with van der Waals surface area (Å²) >= 11 is 0. The number of furan rings is 1. The van der Waals surface area contributed by atoms with Crippen molar-refractivity contribution in [3.05, 3.63) is 23.2 Å². The lowest BCUT2D eigenvalue weighted by atomic mass is 9.87. The second-order valence-electron chi connectivity index (χ2n) is 5.10. The van der Waals surface area contributed by atoms with Crippen molar-refractivity contribution in [2.24, 2.45) is 5.73 Å². The number of rotatable bonds is 4. The van der Waals surface area contributed by atoms with Gasteiger partial charge in [-0.05, 0) is 12.5 Å². The molecular weight excluding hydrogens is 186 g/mol. The van der Waals surface area contributed by atoms with Gasteiger partial charge in [0.1, 0.15) is 11.5 Å². The van der Waals surface area contributed by atoms with E-state index in [1.54, 1.807) is 0 Å². The average molecular weight is 209 g/mol. The molecule has 1 heterocycles. The molecule has 0 aliphatic carbocycles. The van der Waals surface area contributed by atoms with E-state index in [4.69, 9.17) is 10.2 Å². The molecule has 1 aromatic heterocycles. The van der Waals surface area contributed by atoms with Crippen molar-refractivity contribution in [2.75, 3.05) is 0 Å². The first kappa shape index (κ1) is 12.3. The van der Waals surface area contributed by atoms with Gasteiger partial charge in [0, 0.05) is 23.4 Å². The summed E-state index contributed by atoms with van der Waals surface area (Å²) in [6, 6.07) is 2.12. The molecule has 2 nitrogen and oxygen atoms in total. The molecule has 0 bridgehead atoms. The molecule has 1 aromatic rings. The third-order valence-corrected chi connectivity index (χ3v) is 3.14. The standard InChI is InChI=1S/C13H23NO/c1-6-13(4,5)11-7-10(8-14)12(15-11)9(2)3/h7,9H,6,8,14H2,1-5H3. The lowest BCUT2D eigenvalue weighted by Crippen LogP contribution is -2.14. The van der Waals surface area contributed by atoms with Crippen LogP contribution in [0.2, 0.25) is 0 Å². The number of hydrogen-bond acceptors (Lipinski definition) is 2. The first-order chi connectivity index (χ1) is 6.92. The van der Waals surface area contributed by atoms with Crippen LogP contribution < -0.4 is 5.73 Å². The van der Waals surface area contributed by atoms with Crippen molar-refractivity contribution < 1.29 is 4.42 Å². The zero-order valence-electron chi connectivity index (χ0n) is 10.6. The van der Waals surface area contributed by atoms with E-state index < -0.39 is 0 Å². The Morgan fingerprint density at radius 2 is 2.00 bits per heavy atom. The summed E-state index contributed by atoms with van der Waals surface area (Å²) in [5.41, 5.74) is 6.99. The molecule has 2 N–H and O–H groups in total. The quantitative estimate of drug-likeness (QED) is 0.823. The van der Waals surface area contributed by atoms with Crippen LogP contribution in [0.1, 0.15) is 64.0 Å². The first-order valence-corrected chi connectivity index (χ1v) is 5.75. The molecule has 86 valence electrons. The van der Waals surface area contributed by atoms with Crippen LogP contribution in [0.3, 0.4) is 0 Å². The molecule has 0 saturated carbocycles. The minimum atomic E-state index is 0.108. The largest absolute Gasteiger partial charge is 0.465 e. The Labute approximate surface area is 92.9 Å². The SMILES string of the molecule is CCC(C)(C)c1cc(CN)c(C(C)C)o1. The lowest BCUT2D eigenvalue weighted by molar-refractivity contribution is 0.351. The maximum Gasteiger partial charge on any atom is 0.111 e. The maximum atomic E-state index is 5.94. The van der Waals surface area contributed by atoms with Gasteiger partial charge in [-0.25, -0.2) is 0 Å². The smallest absolute Gasteiger partial charge is 0.111 e. The summed E-state index contributed by atoms with van der Waals surface area (Å²) in [6.45, 7) is 11.4. The molecule has 0 aromatic carbocycles. The van der Waals surface area contributed by atoms with Gasteiger partial charge in [0.2, 0.25) is 0 Å². The predicted molar refractivity (Wildman–Crippen MR) is 64.0 cm³/mol. The fraction of sp³-hybridized carbons (Fsp3) is 0.692. The molecule has 2 heteroatoms. The van der Waals surface area contributed by atoms with Crippen LogP contribution in [0.15, 0.2) is 10.5 Å². The Hall–Kier alpha value is -0.760. The van der Waals surface area contributed by atoms with Crippen LogP contribution >= 0.6 is 0 Å². The first-order valence-electron chi connectivity index (χ1n) is 5.75. The highest BCUT2D eigenvalue weighted by molar-refractivity contribution is 5.27. The Kier molecular flexibility index (Phi) is 3.61. The van der Waals surface area contributed by atoms with Gasteiger partial charge in [-0.3, -0.25) is 0 Å². The molecule has 1 rings (SSSR count). The van der Waals surface area contributed by atoms with Crippen LogP contribution in [-0.2, 0) is 12.0 Å². The molecule has 0 radical (unpaired) electrons. The zero-order valence-corrected chi connectivity index (χ0v) is 10.6. The molecule has 0 fully saturated rings. The predicted octanol–water partition coefficient (Wildman–Crippen LogP) is 3.55. The van der Waals surface area contributed by atoms with E-state index in [0.29, 0.717) is 12.5 Å². The van der Waals surface area contributed by atoms with E-state index in [9.17, 15) is 0 Å². The summed E-state index contributed by atoms with van der Waals surface area (Å²) in [7, 11) is 0. The number of hydrogen-bond donors (Lipinski definition) is 1. The fourth-order valence-electron chi connectivity index (χ4n) is 1.60. The van der Waals surface area contributed by atoms with Gasteiger partial charge in [-0.15, -0.1) is 0 Å². The Bertz CT molecular complexity index is 323.